The smallest absolute Gasteiger partial charge is 0.358 e. The molecule has 0 saturated heterocycles. The van der Waals surface area contributed by atoms with Crippen molar-refractivity contribution in [2.24, 2.45) is 5.73 Å². The highest BCUT2D eigenvalue weighted by atomic mass is 19.3. The molecule has 0 radical (unpaired) electrons. The van der Waals surface area contributed by atoms with E-state index in [1.165, 1.54) is 0 Å². The summed E-state index contributed by atoms with van der Waals surface area (Å²) in [6.45, 7) is -0.383. The van der Waals surface area contributed by atoms with Crippen molar-refractivity contribution < 1.29 is 13.7 Å². The number of nitro groups is 1. The van der Waals surface area contributed by atoms with Gasteiger partial charge >= 0.3 is 5.82 Å². The van der Waals surface area contributed by atoms with Crippen LogP contribution in [0.3, 0.4) is 0 Å². The van der Waals surface area contributed by atoms with E-state index in [0.717, 1.165) is 6.20 Å². The van der Waals surface area contributed by atoms with Crippen molar-refractivity contribution in [2.45, 2.75) is 13.0 Å². The Morgan fingerprint density at radius 2 is 2.31 bits per heavy atom. The molecule has 8 heteroatoms. The first-order valence-electron chi connectivity index (χ1n) is 4.07. The van der Waals surface area contributed by atoms with Gasteiger partial charge in [-0.1, -0.05) is 0 Å². The molecular weight excluding hydrogens is 222 g/mol. The maximum absolute atomic E-state index is 12.6. The SMILES string of the molecule is N#Cc1cnc([N+](=O)[O-])c(C(F)F)c1CN. The molecule has 2 N–H and O–H groups in total. The Labute approximate surface area is 88.5 Å². The lowest BCUT2D eigenvalue weighted by Gasteiger charge is -2.07. The monoisotopic (exact) mass is 228 g/mol. The second-order valence-corrected chi connectivity index (χ2v) is 2.76. The fourth-order valence-corrected chi connectivity index (χ4v) is 1.24. The van der Waals surface area contributed by atoms with Gasteiger partial charge in [0.05, 0.1) is 0 Å². The third-order valence-corrected chi connectivity index (χ3v) is 1.92. The normalized spacial score (nSPS) is 10.2. The molecule has 1 rings (SSSR count). The Morgan fingerprint density at radius 3 is 2.69 bits per heavy atom. The molecule has 0 atom stereocenters. The standard InChI is InChI=1S/C8H6F2N4O2/c9-7(10)6-5(2-12)4(1-11)3-13-8(6)14(15)16/h3,7H,2,12H2. The van der Waals surface area contributed by atoms with Crippen LogP contribution in [-0.4, -0.2) is 9.91 Å². The maximum atomic E-state index is 12.6. The summed E-state index contributed by atoms with van der Waals surface area (Å²) in [6.07, 6.45) is -2.23. The van der Waals surface area contributed by atoms with Crippen LogP contribution in [0.4, 0.5) is 14.6 Å². The van der Waals surface area contributed by atoms with Gasteiger partial charge in [0.2, 0.25) is 0 Å². The molecule has 0 aromatic carbocycles. The zero-order valence-electron chi connectivity index (χ0n) is 7.85. The lowest BCUT2D eigenvalue weighted by atomic mass is 10.0. The summed E-state index contributed by atoms with van der Waals surface area (Å²) in [7, 11) is 0. The number of hydrogen-bond donors (Lipinski definition) is 1. The van der Waals surface area contributed by atoms with Gasteiger partial charge in [-0.15, -0.1) is 0 Å². The third kappa shape index (κ3) is 1.94. The quantitative estimate of drug-likeness (QED) is 0.619. The number of alkyl halides is 2. The number of halogens is 2. The topological polar surface area (TPSA) is 106 Å². The van der Waals surface area contributed by atoms with E-state index in [9.17, 15) is 18.9 Å². The first-order chi connectivity index (χ1) is 7.52. The second-order valence-electron chi connectivity index (χ2n) is 2.76. The summed E-state index contributed by atoms with van der Waals surface area (Å²) in [5, 5.41) is 19.1. The van der Waals surface area contributed by atoms with E-state index in [4.69, 9.17) is 11.0 Å². The summed E-state index contributed by atoms with van der Waals surface area (Å²) in [5.41, 5.74) is 3.90. The Kier molecular flexibility index (Phi) is 3.42. The van der Waals surface area contributed by atoms with E-state index < -0.39 is 22.7 Å². The van der Waals surface area contributed by atoms with Crippen LogP contribution in [0.5, 0.6) is 0 Å². The lowest BCUT2D eigenvalue weighted by molar-refractivity contribution is -0.391. The van der Waals surface area contributed by atoms with Crippen molar-refractivity contribution >= 4 is 5.82 Å². The highest BCUT2D eigenvalue weighted by Gasteiger charge is 2.28. The van der Waals surface area contributed by atoms with E-state index in [1.807, 2.05) is 0 Å². The molecule has 0 aliphatic carbocycles. The van der Waals surface area contributed by atoms with Crippen molar-refractivity contribution in [2.75, 3.05) is 0 Å². The van der Waals surface area contributed by atoms with Gasteiger partial charge in [-0.05, 0) is 9.91 Å². The molecule has 0 fully saturated rings. The average molecular weight is 228 g/mol. The number of aromatic nitrogens is 1. The number of nitriles is 1. The summed E-state index contributed by atoms with van der Waals surface area (Å²) in [5.74, 6) is -0.963. The van der Waals surface area contributed by atoms with Gasteiger partial charge in [0.1, 0.15) is 17.2 Å². The molecule has 0 unspecified atom stereocenters. The highest BCUT2D eigenvalue weighted by Crippen LogP contribution is 2.31. The second kappa shape index (κ2) is 4.59. The minimum absolute atomic E-state index is 0.177. The molecule has 84 valence electrons. The van der Waals surface area contributed by atoms with Crippen molar-refractivity contribution in [3.8, 4) is 6.07 Å². The minimum atomic E-state index is -3.10. The largest absolute Gasteiger partial charge is 0.372 e. The Hall–Kier alpha value is -2.14. The van der Waals surface area contributed by atoms with Crippen LogP contribution in [0.2, 0.25) is 0 Å². The van der Waals surface area contributed by atoms with Gasteiger partial charge in [-0.25, -0.2) is 8.78 Å². The van der Waals surface area contributed by atoms with Gasteiger partial charge < -0.3 is 15.8 Å². The van der Waals surface area contributed by atoms with E-state index in [0.29, 0.717) is 0 Å². The number of nitrogens with zero attached hydrogens (tertiary/aromatic N) is 3. The fraction of sp³-hybridized carbons (Fsp3) is 0.250. The molecule has 0 spiro atoms. The van der Waals surface area contributed by atoms with Crippen molar-refractivity contribution in [3.05, 3.63) is 33.0 Å². The zero-order valence-corrected chi connectivity index (χ0v) is 7.85. The van der Waals surface area contributed by atoms with Gasteiger partial charge in [0, 0.05) is 12.1 Å². The van der Waals surface area contributed by atoms with Crippen molar-refractivity contribution in [1.82, 2.24) is 4.98 Å². The first-order valence-corrected chi connectivity index (χ1v) is 4.07. The molecule has 0 bridgehead atoms. The molecule has 0 aliphatic heterocycles. The Morgan fingerprint density at radius 1 is 1.69 bits per heavy atom. The van der Waals surface area contributed by atoms with Gasteiger partial charge in [-0.2, -0.15) is 5.26 Å². The van der Waals surface area contributed by atoms with Gasteiger partial charge in [-0.3, -0.25) is 0 Å². The average Bonchev–Trinajstić information content (AvgIpc) is 2.26. The van der Waals surface area contributed by atoms with Crippen LogP contribution in [0.25, 0.3) is 0 Å². The Bertz CT molecular complexity index is 470. The number of nitrogens with two attached hydrogens (primary N) is 1. The summed E-state index contributed by atoms with van der Waals surface area (Å²) in [6, 6.07) is 1.61. The highest BCUT2D eigenvalue weighted by molar-refractivity contribution is 5.49. The number of rotatable bonds is 3. The van der Waals surface area contributed by atoms with Gasteiger partial charge in [0.25, 0.3) is 6.43 Å². The van der Waals surface area contributed by atoms with E-state index in [1.54, 1.807) is 6.07 Å². The Balaban J connectivity index is 3.58. The van der Waals surface area contributed by atoms with E-state index in [2.05, 4.69) is 4.98 Å². The predicted molar refractivity (Wildman–Crippen MR) is 48.5 cm³/mol. The van der Waals surface area contributed by atoms with Gasteiger partial charge in [0.15, 0.2) is 6.20 Å². The van der Waals surface area contributed by atoms with Crippen LogP contribution in [-0.2, 0) is 6.54 Å². The van der Waals surface area contributed by atoms with Crippen LogP contribution < -0.4 is 5.73 Å². The van der Waals surface area contributed by atoms with Crippen LogP contribution >= 0.6 is 0 Å². The molecule has 0 amide bonds. The molecule has 1 heterocycles. The predicted octanol–water partition coefficient (Wildman–Crippen LogP) is 1.26. The molecule has 1 aromatic rings. The molecule has 0 saturated carbocycles. The van der Waals surface area contributed by atoms with Crippen molar-refractivity contribution in [1.29, 1.82) is 5.26 Å². The summed E-state index contributed by atoms with van der Waals surface area (Å²) in [4.78, 5) is 12.7. The van der Waals surface area contributed by atoms with Crippen LogP contribution in [0, 0.1) is 21.4 Å². The molecule has 1 aromatic heterocycles. The molecular formula is C8H6F2N4O2. The van der Waals surface area contributed by atoms with Crippen LogP contribution in [0.15, 0.2) is 6.20 Å². The summed E-state index contributed by atoms with van der Waals surface area (Å²) >= 11 is 0. The summed E-state index contributed by atoms with van der Waals surface area (Å²) < 4.78 is 25.3. The minimum Gasteiger partial charge on any atom is -0.358 e. The van der Waals surface area contributed by atoms with E-state index in [-0.39, 0.29) is 17.7 Å². The number of hydrogen-bond acceptors (Lipinski definition) is 5. The van der Waals surface area contributed by atoms with Crippen molar-refractivity contribution in [3.63, 3.8) is 0 Å². The molecule has 6 nitrogen and oxygen atoms in total. The van der Waals surface area contributed by atoms with Crippen LogP contribution in [0.1, 0.15) is 23.1 Å². The zero-order chi connectivity index (χ0) is 12.3. The maximum Gasteiger partial charge on any atom is 0.372 e. The first kappa shape index (κ1) is 11.9. The van der Waals surface area contributed by atoms with E-state index >= 15 is 0 Å². The molecule has 0 aliphatic rings. The fourth-order valence-electron chi connectivity index (χ4n) is 1.24. The number of pyridine rings is 1. The lowest BCUT2D eigenvalue weighted by Crippen LogP contribution is -2.09. The third-order valence-electron chi connectivity index (χ3n) is 1.92. The molecule has 16 heavy (non-hydrogen) atoms.